The zero-order chi connectivity index (χ0) is 31.6. The molecular formula is C31H30BrFN4O6S. The number of amides is 1. The molecule has 3 aromatic carbocycles. The van der Waals surface area contributed by atoms with Crippen molar-refractivity contribution in [3.8, 4) is 17.2 Å². The summed E-state index contributed by atoms with van der Waals surface area (Å²) >= 11 is 8.79. The number of carbonyl (C=O) groups is 2. The number of rotatable bonds is 12. The lowest BCUT2D eigenvalue weighted by Gasteiger charge is -2.30. The molecule has 3 N–H and O–H groups in total. The molecule has 13 heteroatoms. The number of thiocarbonyl (C=S) groups is 1. The number of nitrogens with zero attached hydrogens (tertiary/aromatic N) is 1. The van der Waals surface area contributed by atoms with Gasteiger partial charge in [-0.1, -0.05) is 30.3 Å². The molecule has 0 aromatic heterocycles. The molecule has 0 saturated heterocycles. The van der Waals surface area contributed by atoms with Gasteiger partial charge < -0.3 is 29.6 Å². The second kappa shape index (κ2) is 15.3. The monoisotopic (exact) mass is 684 g/mol. The highest BCUT2D eigenvalue weighted by Crippen LogP contribution is 2.37. The molecule has 0 bridgehead atoms. The van der Waals surface area contributed by atoms with Gasteiger partial charge in [-0.2, -0.15) is 5.10 Å². The van der Waals surface area contributed by atoms with Gasteiger partial charge in [-0.15, -0.1) is 0 Å². The van der Waals surface area contributed by atoms with E-state index in [0.717, 1.165) is 5.56 Å². The number of carbonyl (C=O) groups excluding carboxylic acids is 2. The average Bonchev–Trinajstić information content (AvgIpc) is 3.00. The van der Waals surface area contributed by atoms with Crippen LogP contribution in [-0.2, 0) is 20.9 Å². The molecule has 1 amide bonds. The minimum atomic E-state index is -0.642. The van der Waals surface area contributed by atoms with Crippen LogP contribution in [0.25, 0.3) is 0 Å². The molecule has 1 aliphatic heterocycles. The van der Waals surface area contributed by atoms with Gasteiger partial charge in [0.05, 0.1) is 36.0 Å². The third kappa shape index (κ3) is 8.32. The van der Waals surface area contributed by atoms with E-state index in [4.69, 9.17) is 31.2 Å². The zero-order valence-corrected chi connectivity index (χ0v) is 26.5. The lowest BCUT2D eigenvalue weighted by Crippen LogP contribution is -2.45. The molecule has 1 atom stereocenters. The Morgan fingerprint density at radius 1 is 1.11 bits per heavy atom. The van der Waals surface area contributed by atoms with Gasteiger partial charge in [0.25, 0.3) is 5.91 Å². The van der Waals surface area contributed by atoms with Crippen LogP contribution >= 0.6 is 28.1 Å². The van der Waals surface area contributed by atoms with Crippen molar-refractivity contribution >= 4 is 51.4 Å². The number of hydrogen-bond acceptors (Lipinski definition) is 8. The van der Waals surface area contributed by atoms with Gasteiger partial charge in [-0.05, 0) is 83.5 Å². The number of benzene rings is 3. The molecule has 4 rings (SSSR count). The fraction of sp³-hybridized carbons (Fsp3) is 0.226. The van der Waals surface area contributed by atoms with Gasteiger partial charge in [-0.25, -0.2) is 14.6 Å². The number of hydrogen-bond donors (Lipinski definition) is 3. The second-order valence-electron chi connectivity index (χ2n) is 9.36. The van der Waals surface area contributed by atoms with E-state index < -0.39 is 17.9 Å². The van der Waals surface area contributed by atoms with Crippen LogP contribution in [0.1, 0.15) is 36.6 Å². The summed E-state index contributed by atoms with van der Waals surface area (Å²) in [7, 11) is 1.50. The largest absolute Gasteiger partial charge is 0.493 e. The minimum absolute atomic E-state index is 0.211. The van der Waals surface area contributed by atoms with Crippen molar-refractivity contribution in [3.05, 3.63) is 98.9 Å². The molecule has 0 aliphatic carbocycles. The number of halogens is 2. The molecule has 3 aromatic rings. The van der Waals surface area contributed by atoms with Crippen molar-refractivity contribution in [3.63, 3.8) is 0 Å². The van der Waals surface area contributed by atoms with Gasteiger partial charge in [0.2, 0.25) is 0 Å². The number of hydrazone groups is 1. The number of allylic oxidation sites excluding steroid dienone is 1. The van der Waals surface area contributed by atoms with Crippen LogP contribution in [0, 0.1) is 5.82 Å². The number of nitrogens with one attached hydrogen (secondary N) is 3. The first-order chi connectivity index (χ1) is 21.2. The third-order valence-electron chi connectivity index (χ3n) is 6.30. The summed E-state index contributed by atoms with van der Waals surface area (Å²) in [5.74, 6) is -0.0378. The summed E-state index contributed by atoms with van der Waals surface area (Å²) in [5, 5.41) is 10.4. The molecule has 1 heterocycles. The van der Waals surface area contributed by atoms with E-state index >= 15 is 0 Å². The number of esters is 1. The Labute approximate surface area is 267 Å². The summed E-state index contributed by atoms with van der Waals surface area (Å²) in [6.45, 7) is 3.55. The van der Waals surface area contributed by atoms with Gasteiger partial charge in [-0.3, -0.25) is 4.79 Å². The molecule has 230 valence electrons. The molecule has 0 saturated carbocycles. The first-order valence-corrected chi connectivity index (χ1v) is 14.6. The molecule has 0 unspecified atom stereocenters. The van der Waals surface area contributed by atoms with Gasteiger partial charge in [0.15, 0.2) is 23.2 Å². The first-order valence-electron chi connectivity index (χ1n) is 13.4. The van der Waals surface area contributed by atoms with E-state index in [2.05, 4.69) is 37.1 Å². The lowest BCUT2D eigenvalue weighted by atomic mass is 9.95. The normalized spacial score (nSPS) is 14.5. The first kappa shape index (κ1) is 32.4. The van der Waals surface area contributed by atoms with Crippen LogP contribution in [0.2, 0.25) is 0 Å². The minimum Gasteiger partial charge on any atom is -0.493 e. The van der Waals surface area contributed by atoms with Crippen molar-refractivity contribution in [2.24, 2.45) is 5.10 Å². The van der Waals surface area contributed by atoms with Crippen LogP contribution in [0.4, 0.5) is 4.39 Å². The smallest absolute Gasteiger partial charge is 0.338 e. The van der Waals surface area contributed by atoms with Gasteiger partial charge in [0.1, 0.15) is 18.2 Å². The van der Waals surface area contributed by atoms with Gasteiger partial charge >= 0.3 is 5.97 Å². The molecule has 44 heavy (non-hydrogen) atoms. The summed E-state index contributed by atoms with van der Waals surface area (Å²) in [5.41, 5.74) is 5.38. The average molecular weight is 686 g/mol. The van der Waals surface area contributed by atoms with Crippen LogP contribution in [0.15, 0.2) is 81.5 Å². The number of methoxy groups -OCH3 is 1. The maximum Gasteiger partial charge on any atom is 0.338 e. The maximum absolute atomic E-state index is 13.2. The Bertz CT molecular complexity index is 1600. The van der Waals surface area contributed by atoms with E-state index in [1.54, 1.807) is 62.4 Å². The lowest BCUT2D eigenvalue weighted by molar-refractivity contribution is -0.139. The summed E-state index contributed by atoms with van der Waals surface area (Å²) < 4.78 is 36.2. The number of ether oxygens (including phenoxy) is 4. The van der Waals surface area contributed by atoms with E-state index in [1.807, 2.05) is 0 Å². The van der Waals surface area contributed by atoms with E-state index in [1.165, 1.54) is 25.5 Å². The summed E-state index contributed by atoms with van der Waals surface area (Å²) in [4.78, 5) is 25.3. The van der Waals surface area contributed by atoms with Gasteiger partial charge in [0, 0.05) is 11.3 Å². The number of para-hydroxylation sites is 1. The fourth-order valence-electron chi connectivity index (χ4n) is 4.30. The summed E-state index contributed by atoms with van der Waals surface area (Å²) in [6, 6.07) is 15.8. The van der Waals surface area contributed by atoms with Crippen molar-refractivity contribution in [1.29, 1.82) is 0 Å². The summed E-state index contributed by atoms with van der Waals surface area (Å²) in [6.07, 6.45) is 1.45. The van der Waals surface area contributed by atoms with Crippen molar-refractivity contribution in [2.75, 3.05) is 20.3 Å². The quantitative estimate of drug-likeness (QED) is 0.104. The fourth-order valence-corrected chi connectivity index (χ4v) is 5.15. The highest BCUT2D eigenvalue weighted by atomic mass is 79.9. The third-order valence-corrected chi connectivity index (χ3v) is 7.11. The maximum atomic E-state index is 13.2. The Balaban J connectivity index is 1.39. The Morgan fingerprint density at radius 2 is 1.86 bits per heavy atom. The second-order valence-corrected chi connectivity index (χ2v) is 10.6. The zero-order valence-electron chi connectivity index (χ0n) is 24.1. The molecule has 0 fully saturated rings. The van der Waals surface area contributed by atoms with Crippen molar-refractivity contribution in [1.82, 2.24) is 16.1 Å². The molecule has 10 nitrogen and oxygen atoms in total. The van der Waals surface area contributed by atoms with E-state index in [-0.39, 0.29) is 25.6 Å². The van der Waals surface area contributed by atoms with Crippen LogP contribution < -0.4 is 30.3 Å². The van der Waals surface area contributed by atoms with Crippen molar-refractivity contribution < 1.29 is 32.9 Å². The Morgan fingerprint density at radius 3 is 2.59 bits per heavy atom. The molecular weight excluding hydrogens is 655 g/mol. The Hall–Kier alpha value is -4.49. The van der Waals surface area contributed by atoms with Crippen molar-refractivity contribution in [2.45, 2.75) is 26.5 Å². The topological polar surface area (TPSA) is 120 Å². The standard InChI is InChI=1S/C31H30BrFN4O6S/c1-4-41-30(39)27-18(2)35-31(44)36-28(27)22-7-5-6-8-24(22)42-17-26(38)37-34-15-20-13-23(32)29(25(14-20)40-3)43-16-19-9-11-21(33)12-10-19/h5-15,28H,4,16-17H2,1-3H3,(H,37,38)(H2,35,36,44)/t28-/m0/s1. The molecule has 1 aliphatic rings. The highest BCUT2D eigenvalue weighted by Gasteiger charge is 2.32. The predicted octanol–water partition coefficient (Wildman–Crippen LogP) is 5.06. The van der Waals surface area contributed by atoms with Crippen LogP contribution in [0.5, 0.6) is 17.2 Å². The predicted molar refractivity (Wildman–Crippen MR) is 170 cm³/mol. The highest BCUT2D eigenvalue weighted by molar-refractivity contribution is 9.10. The van der Waals surface area contributed by atoms with E-state index in [9.17, 15) is 14.0 Å². The SMILES string of the molecule is CCOC(=O)C1=C(C)NC(=S)N[C@H]1c1ccccc1OCC(=O)NN=Cc1cc(Br)c(OCc2ccc(F)cc2)c(OC)c1. The molecule has 0 radical (unpaired) electrons. The Kier molecular flexibility index (Phi) is 11.3. The van der Waals surface area contributed by atoms with Crippen LogP contribution in [0.3, 0.4) is 0 Å². The van der Waals surface area contributed by atoms with Crippen LogP contribution in [-0.4, -0.2) is 43.5 Å². The van der Waals surface area contributed by atoms with E-state index in [0.29, 0.717) is 49.2 Å². The molecule has 0 spiro atoms.